The number of hydrogen-bond donors (Lipinski definition) is 1. The van der Waals surface area contributed by atoms with E-state index in [1.165, 1.54) is 6.42 Å². The summed E-state index contributed by atoms with van der Waals surface area (Å²) in [6, 6.07) is 0. The molecule has 1 saturated heterocycles. The fourth-order valence-electron chi connectivity index (χ4n) is 2.59. The van der Waals surface area contributed by atoms with Crippen molar-refractivity contribution in [2.45, 2.75) is 39.5 Å². The zero-order chi connectivity index (χ0) is 12.0. The maximum Gasteiger partial charge on any atom is 0.235 e. The van der Waals surface area contributed by atoms with Gasteiger partial charge in [0.25, 0.3) is 0 Å². The number of hydrogen-bond acceptors (Lipinski definition) is 2. The lowest BCUT2D eigenvalue weighted by Crippen LogP contribution is -2.49. The lowest BCUT2D eigenvalue weighted by Gasteiger charge is -2.39. The van der Waals surface area contributed by atoms with Crippen LogP contribution in [0.2, 0.25) is 0 Å². The highest BCUT2D eigenvalue weighted by molar-refractivity contribution is 7.80. The lowest BCUT2D eigenvalue weighted by molar-refractivity contribution is -0.137. The van der Waals surface area contributed by atoms with E-state index in [2.05, 4.69) is 13.8 Å². The molecular formula is C12H20N2OS. The third-order valence-electron chi connectivity index (χ3n) is 3.82. The summed E-state index contributed by atoms with van der Waals surface area (Å²) < 4.78 is 0. The number of nitrogens with zero attached hydrogens (tertiary/aromatic N) is 1. The first-order valence-electron chi connectivity index (χ1n) is 5.97. The van der Waals surface area contributed by atoms with E-state index in [1.54, 1.807) is 0 Å². The van der Waals surface area contributed by atoms with Crippen molar-refractivity contribution in [3.05, 3.63) is 0 Å². The Kier molecular flexibility index (Phi) is 2.73. The Bertz CT molecular complexity index is 334. The third kappa shape index (κ3) is 1.95. The molecule has 1 aliphatic carbocycles. The van der Waals surface area contributed by atoms with Gasteiger partial charge in [-0.2, -0.15) is 0 Å². The molecule has 2 N–H and O–H groups in total. The van der Waals surface area contributed by atoms with Crippen LogP contribution >= 0.6 is 12.2 Å². The summed E-state index contributed by atoms with van der Waals surface area (Å²) in [6.45, 7) is 6.14. The molecule has 2 aliphatic rings. The Morgan fingerprint density at radius 2 is 1.94 bits per heavy atom. The number of rotatable bonds is 2. The van der Waals surface area contributed by atoms with E-state index in [9.17, 15) is 4.79 Å². The molecule has 0 unspecified atom stereocenters. The van der Waals surface area contributed by atoms with Crippen LogP contribution in [0, 0.1) is 10.8 Å². The number of carbonyl (C=O) groups excluding carboxylic acids is 1. The number of carbonyl (C=O) groups is 1. The van der Waals surface area contributed by atoms with Crippen LogP contribution in [0.3, 0.4) is 0 Å². The van der Waals surface area contributed by atoms with E-state index < -0.39 is 5.41 Å². The predicted molar refractivity (Wildman–Crippen MR) is 68.0 cm³/mol. The van der Waals surface area contributed by atoms with Gasteiger partial charge in [-0.05, 0) is 31.1 Å². The van der Waals surface area contributed by atoms with Crippen LogP contribution in [0.25, 0.3) is 0 Å². The van der Waals surface area contributed by atoms with Crippen molar-refractivity contribution < 1.29 is 4.79 Å². The molecule has 0 aromatic heterocycles. The average molecular weight is 240 g/mol. The minimum Gasteiger partial charge on any atom is -0.392 e. The van der Waals surface area contributed by atoms with Gasteiger partial charge in [0.15, 0.2) is 0 Å². The van der Waals surface area contributed by atoms with Crippen LogP contribution < -0.4 is 5.73 Å². The molecule has 0 aromatic rings. The first-order chi connectivity index (χ1) is 7.37. The summed E-state index contributed by atoms with van der Waals surface area (Å²) in [5, 5.41) is 0. The molecule has 2 fully saturated rings. The fraction of sp³-hybridized carbons (Fsp3) is 0.833. The van der Waals surface area contributed by atoms with Gasteiger partial charge >= 0.3 is 0 Å². The third-order valence-corrected chi connectivity index (χ3v) is 4.21. The monoisotopic (exact) mass is 240 g/mol. The summed E-state index contributed by atoms with van der Waals surface area (Å²) in [6.07, 6.45) is 3.97. The van der Waals surface area contributed by atoms with Crippen molar-refractivity contribution in [2.75, 3.05) is 13.1 Å². The molecule has 1 heterocycles. The average Bonchev–Trinajstić information content (AvgIpc) is 2.95. The van der Waals surface area contributed by atoms with Crippen LogP contribution in [0.15, 0.2) is 0 Å². The SMILES string of the molecule is CC1(C)CCCN(C(=O)C2(C(N)=S)CC2)C1. The number of piperidine rings is 1. The van der Waals surface area contributed by atoms with Crippen molar-refractivity contribution in [1.82, 2.24) is 4.90 Å². The van der Waals surface area contributed by atoms with Gasteiger partial charge in [-0.25, -0.2) is 0 Å². The maximum absolute atomic E-state index is 12.4. The second kappa shape index (κ2) is 3.69. The summed E-state index contributed by atoms with van der Waals surface area (Å²) in [7, 11) is 0. The maximum atomic E-state index is 12.4. The lowest BCUT2D eigenvalue weighted by atomic mass is 9.83. The van der Waals surface area contributed by atoms with Gasteiger partial charge in [-0.1, -0.05) is 26.1 Å². The molecule has 0 spiro atoms. The van der Waals surface area contributed by atoms with Crippen molar-refractivity contribution in [3.8, 4) is 0 Å². The summed E-state index contributed by atoms with van der Waals surface area (Å²) >= 11 is 5.03. The Balaban J connectivity index is 2.08. The Labute approximate surface area is 102 Å². The number of likely N-dealkylation sites (tertiary alicyclic amines) is 1. The fourth-order valence-corrected chi connectivity index (χ4v) is 2.88. The van der Waals surface area contributed by atoms with Crippen molar-refractivity contribution in [2.24, 2.45) is 16.6 Å². The molecule has 1 amide bonds. The first-order valence-corrected chi connectivity index (χ1v) is 6.38. The smallest absolute Gasteiger partial charge is 0.235 e. The van der Waals surface area contributed by atoms with E-state index in [1.807, 2.05) is 4.90 Å². The summed E-state index contributed by atoms with van der Waals surface area (Å²) in [5.41, 5.74) is 5.46. The molecule has 90 valence electrons. The molecule has 0 aromatic carbocycles. The topological polar surface area (TPSA) is 46.3 Å². The Morgan fingerprint density at radius 3 is 2.38 bits per heavy atom. The van der Waals surface area contributed by atoms with Gasteiger partial charge in [0, 0.05) is 13.1 Å². The highest BCUT2D eigenvalue weighted by atomic mass is 32.1. The molecule has 0 bridgehead atoms. The van der Waals surface area contributed by atoms with Crippen LogP contribution in [0.1, 0.15) is 39.5 Å². The largest absolute Gasteiger partial charge is 0.392 e. The molecule has 0 atom stereocenters. The highest BCUT2D eigenvalue weighted by Crippen LogP contribution is 2.48. The van der Waals surface area contributed by atoms with Crippen molar-refractivity contribution in [1.29, 1.82) is 0 Å². The standard InChI is InChI=1S/C12H20N2OS/c1-11(2)4-3-7-14(8-11)10(15)12(5-6-12)9(13)16/h3-8H2,1-2H3,(H2,13,16). The summed E-state index contributed by atoms with van der Waals surface area (Å²) in [4.78, 5) is 14.7. The molecule has 2 rings (SSSR count). The predicted octanol–water partition coefficient (Wildman–Crippen LogP) is 1.70. The molecule has 1 aliphatic heterocycles. The second-order valence-corrected chi connectivity index (χ2v) is 6.38. The second-order valence-electron chi connectivity index (χ2n) is 5.94. The van der Waals surface area contributed by atoms with Crippen LogP contribution in [-0.4, -0.2) is 28.9 Å². The van der Waals surface area contributed by atoms with Crippen molar-refractivity contribution >= 4 is 23.1 Å². The van der Waals surface area contributed by atoms with Gasteiger partial charge in [0.1, 0.15) is 0 Å². The molecule has 1 saturated carbocycles. The normalized spacial score (nSPS) is 26.2. The van der Waals surface area contributed by atoms with Crippen LogP contribution in [0.4, 0.5) is 0 Å². The van der Waals surface area contributed by atoms with Crippen LogP contribution in [-0.2, 0) is 4.79 Å². The van der Waals surface area contributed by atoms with Gasteiger partial charge < -0.3 is 10.6 Å². The van der Waals surface area contributed by atoms with Gasteiger partial charge in [0.05, 0.1) is 10.4 Å². The zero-order valence-electron chi connectivity index (χ0n) is 10.1. The first kappa shape index (κ1) is 11.8. The quantitative estimate of drug-likeness (QED) is 0.747. The minimum atomic E-state index is -0.469. The van der Waals surface area contributed by atoms with E-state index in [0.29, 0.717) is 4.99 Å². The van der Waals surface area contributed by atoms with E-state index in [4.69, 9.17) is 18.0 Å². The van der Waals surface area contributed by atoms with Gasteiger partial charge in [0.2, 0.25) is 5.91 Å². The number of amides is 1. The van der Waals surface area contributed by atoms with Crippen LogP contribution in [0.5, 0.6) is 0 Å². The highest BCUT2D eigenvalue weighted by Gasteiger charge is 2.55. The Morgan fingerprint density at radius 1 is 1.31 bits per heavy atom. The molecule has 3 nitrogen and oxygen atoms in total. The molecule has 4 heteroatoms. The Hall–Kier alpha value is -0.640. The van der Waals surface area contributed by atoms with Gasteiger partial charge in [-0.15, -0.1) is 0 Å². The van der Waals surface area contributed by atoms with E-state index in [0.717, 1.165) is 32.4 Å². The number of nitrogens with two attached hydrogens (primary N) is 1. The number of thiocarbonyl (C=S) groups is 1. The molecule has 0 radical (unpaired) electrons. The van der Waals surface area contributed by atoms with Crippen molar-refractivity contribution in [3.63, 3.8) is 0 Å². The minimum absolute atomic E-state index is 0.174. The molecular weight excluding hydrogens is 220 g/mol. The van der Waals surface area contributed by atoms with Gasteiger partial charge in [-0.3, -0.25) is 4.79 Å². The summed E-state index contributed by atoms with van der Waals surface area (Å²) in [5.74, 6) is 0.174. The van der Waals surface area contributed by atoms with E-state index in [-0.39, 0.29) is 11.3 Å². The molecule has 16 heavy (non-hydrogen) atoms. The van der Waals surface area contributed by atoms with E-state index >= 15 is 0 Å². The zero-order valence-corrected chi connectivity index (χ0v) is 10.9.